The minimum absolute atomic E-state index is 0.0821. The molecule has 17 heavy (non-hydrogen) atoms. The molecule has 1 unspecified atom stereocenters. The summed E-state index contributed by atoms with van der Waals surface area (Å²) in [5.74, 6) is -1.32. The standard InChI is InChI=1S/C14H15F3/c1-10-5-7-11(8-6-10)12-3-2-4-13(9-12)14(15,16)17/h2-5,7,13H,6,8-9H2,1H3. The fraction of sp³-hybridized carbons (Fsp3) is 0.429. The molecule has 0 heterocycles. The molecule has 2 aliphatic rings. The summed E-state index contributed by atoms with van der Waals surface area (Å²) < 4.78 is 37.9. The van der Waals surface area contributed by atoms with Crippen molar-refractivity contribution in [3.63, 3.8) is 0 Å². The third-order valence-corrected chi connectivity index (χ3v) is 3.27. The van der Waals surface area contributed by atoms with Crippen LogP contribution < -0.4 is 0 Å². The van der Waals surface area contributed by atoms with E-state index in [9.17, 15) is 13.2 Å². The van der Waals surface area contributed by atoms with Gasteiger partial charge < -0.3 is 0 Å². The number of allylic oxidation sites excluding steroid dienone is 8. The zero-order valence-electron chi connectivity index (χ0n) is 9.72. The summed E-state index contributed by atoms with van der Waals surface area (Å²) >= 11 is 0. The lowest BCUT2D eigenvalue weighted by Gasteiger charge is -2.23. The Morgan fingerprint density at radius 2 is 1.82 bits per heavy atom. The van der Waals surface area contributed by atoms with Crippen molar-refractivity contribution < 1.29 is 13.2 Å². The molecule has 2 aliphatic carbocycles. The molecule has 0 bridgehead atoms. The van der Waals surface area contributed by atoms with Crippen LogP contribution in [0.15, 0.2) is 47.1 Å². The van der Waals surface area contributed by atoms with Crippen molar-refractivity contribution in [1.29, 1.82) is 0 Å². The molecule has 0 aliphatic heterocycles. The Balaban J connectivity index is 2.14. The monoisotopic (exact) mass is 240 g/mol. The van der Waals surface area contributed by atoms with Crippen LogP contribution in [-0.4, -0.2) is 6.18 Å². The van der Waals surface area contributed by atoms with Crippen LogP contribution in [0.3, 0.4) is 0 Å². The zero-order valence-corrected chi connectivity index (χ0v) is 9.72. The second-order valence-electron chi connectivity index (χ2n) is 4.63. The Kier molecular flexibility index (Phi) is 3.27. The lowest BCUT2D eigenvalue weighted by Crippen LogP contribution is -2.23. The molecule has 0 aromatic rings. The maximum Gasteiger partial charge on any atom is 0.395 e. The van der Waals surface area contributed by atoms with E-state index in [0.717, 1.165) is 24.0 Å². The predicted molar refractivity (Wildman–Crippen MR) is 62.5 cm³/mol. The number of halogens is 3. The summed E-state index contributed by atoms with van der Waals surface area (Å²) in [5, 5.41) is 0. The van der Waals surface area contributed by atoms with Crippen molar-refractivity contribution in [3.05, 3.63) is 47.1 Å². The van der Waals surface area contributed by atoms with Gasteiger partial charge in [0, 0.05) is 0 Å². The topological polar surface area (TPSA) is 0 Å². The summed E-state index contributed by atoms with van der Waals surface area (Å²) in [6.45, 7) is 2.04. The lowest BCUT2D eigenvalue weighted by molar-refractivity contribution is -0.160. The summed E-state index contributed by atoms with van der Waals surface area (Å²) in [4.78, 5) is 0. The molecule has 3 heteroatoms. The van der Waals surface area contributed by atoms with Gasteiger partial charge in [0.15, 0.2) is 0 Å². The van der Waals surface area contributed by atoms with Crippen LogP contribution in [0.4, 0.5) is 13.2 Å². The molecule has 0 saturated heterocycles. The average molecular weight is 240 g/mol. The normalized spacial score (nSPS) is 25.2. The Morgan fingerprint density at radius 3 is 2.41 bits per heavy atom. The molecule has 0 fully saturated rings. The van der Waals surface area contributed by atoms with E-state index in [4.69, 9.17) is 0 Å². The first-order valence-electron chi connectivity index (χ1n) is 5.77. The largest absolute Gasteiger partial charge is 0.395 e. The van der Waals surface area contributed by atoms with Crippen LogP contribution in [-0.2, 0) is 0 Å². The summed E-state index contributed by atoms with van der Waals surface area (Å²) in [6, 6.07) is 0. The van der Waals surface area contributed by atoms with E-state index >= 15 is 0 Å². The van der Waals surface area contributed by atoms with Gasteiger partial charge in [0.25, 0.3) is 0 Å². The van der Waals surface area contributed by atoms with Gasteiger partial charge >= 0.3 is 6.18 Å². The van der Waals surface area contributed by atoms with Gasteiger partial charge in [-0.05, 0) is 37.3 Å². The number of hydrogen-bond donors (Lipinski definition) is 0. The van der Waals surface area contributed by atoms with Gasteiger partial charge in [-0.1, -0.05) is 36.0 Å². The van der Waals surface area contributed by atoms with Crippen molar-refractivity contribution in [1.82, 2.24) is 0 Å². The molecule has 0 nitrogen and oxygen atoms in total. The first-order chi connectivity index (χ1) is 7.97. The fourth-order valence-electron chi connectivity index (χ4n) is 2.15. The van der Waals surface area contributed by atoms with E-state index in [1.807, 2.05) is 25.2 Å². The molecule has 2 rings (SSSR count). The van der Waals surface area contributed by atoms with Gasteiger partial charge in [-0.25, -0.2) is 0 Å². The van der Waals surface area contributed by atoms with E-state index in [-0.39, 0.29) is 6.42 Å². The van der Waals surface area contributed by atoms with Crippen molar-refractivity contribution in [3.8, 4) is 0 Å². The zero-order chi connectivity index (χ0) is 12.5. The highest BCUT2D eigenvalue weighted by molar-refractivity contribution is 5.41. The van der Waals surface area contributed by atoms with Gasteiger partial charge in [-0.15, -0.1) is 0 Å². The van der Waals surface area contributed by atoms with Crippen LogP contribution in [0.2, 0.25) is 0 Å². The van der Waals surface area contributed by atoms with Crippen LogP contribution >= 0.6 is 0 Å². The predicted octanol–water partition coefficient (Wildman–Crippen LogP) is 4.72. The molecule has 0 aromatic heterocycles. The first-order valence-corrected chi connectivity index (χ1v) is 5.77. The van der Waals surface area contributed by atoms with E-state index in [1.165, 1.54) is 17.7 Å². The fourth-order valence-corrected chi connectivity index (χ4v) is 2.15. The van der Waals surface area contributed by atoms with E-state index in [0.29, 0.717) is 0 Å². The molecule has 0 N–H and O–H groups in total. The smallest absolute Gasteiger partial charge is 0.170 e. The van der Waals surface area contributed by atoms with Crippen LogP contribution in [0.25, 0.3) is 0 Å². The quantitative estimate of drug-likeness (QED) is 0.622. The van der Waals surface area contributed by atoms with Crippen molar-refractivity contribution in [2.24, 2.45) is 5.92 Å². The molecule has 1 atom stereocenters. The Morgan fingerprint density at radius 1 is 1.06 bits per heavy atom. The number of alkyl halides is 3. The van der Waals surface area contributed by atoms with Crippen LogP contribution in [0.1, 0.15) is 26.2 Å². The van der Waals surface area contributed by atoms with Crippen molar-refractivity contribution in [2.45, 2.75) is 32.4 Å². The Hall–Kier alpha value is -1.25. The summed E-state index contributed by atoms with van der Waals surface area (Å²) in [5.41, 5.74) is 3.17. The van der Waals surface area contributed by atoms with Crippen LogP contribution in [0.5, 0.6) is 0 Å². The second-order valence-corrected chi connectivity index (χ2v) is 4.63. The molecule has 0 aromatic carbocycles. The van der Waals surface area contributed by atoms with E-state index in [2.05, 4.69) is 0 Å². The number of hydrogen-bond acceptors (Lipinski definition) is 0. The molecule has 0 spiro atoms. The highest BCUT2D eigenvalue weighted by Crippen LogP contribution is 2.38. The highest BCUT2D eigenvalue weighted by Gasteiger charge is 2.39. The lowest BCUT2D eigenvalue weighted by atomic mass is 9.85. The van der Waals surface area contributed by atoms with Gasteiger partial charge in [-0.2, -0.15) is 13.2 Å². The van der Waals surface area contributed by atoms with Crippen molar-refractivity contribution in [2.75, 3.05) is 0 Å². The molecule has 92 valence electrons. The minimum Gasteiger partial charge on any atom is -0.170 e. The SMILES string of the molecule is CC1=CC=C(C2=CC=CC(C(F)(F)F)C2)CC1. The highest BCUT2D eigenvalue weighted by atomic mass is 19.4. The van der Waals surface area contributed by atoms with E-state index in [1.54, 1.807) is 0 Å². The van der Waals surface area contributed by atoms with Gasteiger partial charge in [0.1, 0.15) is 0 Å². The van der Waals surface area contributed by atoms with Gasteiger partial charge in [-0.3, -0.25) is 0 Å². The molecule has 0 radical (unpaired) electrons. The maximum atomic E-state index is 12.6. The third kappa shape index (κ3) is 2.90. The third-order valence-electron chi connectivity index (χ3n) is 3.27. The second kappa shape index (κ2) is 4.55. The summed E-state index contributed by atoms with van der Waals surface area (Å²) in [7, 11) is 0. The maximum absolute atomic E-state index is 12.6. The molecular formula is C14H15F3. The average Bonchev–Trinajstić information content (AvgIpc) is 2.29. The minimum atomic E-state index is -4.13. The van der Waals surface area contributed by atoms with Crippen LogP contribution in [0, 0.1) is 5.92 Å². The van der Waals surface area contributed by atoms with E-state index < -0.39 is 12.1 Å². The first kappa shape index (κ1) is 12.2. The van der Waals surface area contributed by atoms with Gasteiger partial charge in [0.2, 0.25) is 0 Å². The van der Waals surface area contributed by atoms with Gasteiger partial charge in [0.05, 0.1) is 5.92 Å². The Labute approximate surface area is 99.2 Å². The molecule has 0 amide bonds. The number of rotatable bonds is 1. The molecular weight excluding hydrogens is 225 g/mol. The van der Waals surface area contributed by atoms with Crippen molar-refractivity contribution >= 4 is 0 Å². The molecule has 0 saturated carbocycles. The summed E-state index contributed by atoms with van der Waals surface area (Å²) in [6.07, 6.45) is 6.29. The Bertz CT molecular complexity index is 419.